The molecule has 0 saturated carbocycles. The summed E-state index contributed by atoms with van der Waals surface area (Å²) in [4.78, 5) is 16.1. The molecule has 1 aromatic carbocycles. The number of aromatic nitrogens is 1. The van der Waals surface area contributed by atoms with Crippen LogP contribution in [0.25, 0.3) is 11.5 Å². The van der Waals surface area contributed by atoms with Crippen LogP contribution in [0.1, 0.15) is 16.9 Å². The van der Waals surface area contributed by atoms with Crippen LogP contribution in [0.3, 0.4) is 0 Å². The van der Waals surface area contributed by atoms with Crippen LogP contribution < -0.4 is 0 Å². The lowest BCUT2D eigenvalue weighted by molar-refractivity contribution is 0.0350. The minimum absolute atomic E-state index is 0.00868. The van der Waals surface area contributed by atoms with Gasteiger partial charge in [-0.1, -0.05) is 18.2 Å². The molecule has 98 valence electrons. The maximum atomic E-state index is 11.9. The van der Waals surface area contributed by atoms with E-state index >= 15 is 0 Å². The fraction of sp³-hybridized carbons (Fsp3) is 0.286. The fourth-order valence-electron chi connectivity index (χ4n) is 1.90. The zero-order valence-electron chi connectivity index (χ0n) is 10.2. The van der Waals surface area contributed by atoms with Crippen molar-refractivity contribution < 1.29 is 13.9 Å². The molecular weight excluding hydrogens is 262 g/mol. The molecule has 0 spiro atoms. The highest BCUT2D eigenvalue weighted by Gasteiger charge is 2.22. The van der Waals surface area contributed by atoms with Crippen LogP contribution >= 0.6 is 11.8 Å². The largest absolute Gasteiger partial charge is 0.457 e. The number of thioether (sulfide) groups is 1. The molecule has 0 amide bonds. The maximum absolute atomic E-state index is 11.9. The normalized spacial score (nSPS) is 18.4. The Morgan fingerprint density at radius 2 is 2.21 bits per heavy atom. The average molecular weight is 275 g/mol. The molecule has 3 rings (SSSR count). The summed E-state index contributed by atoms with van der Waals surface area (Å²) in [6.45, 7) is 0. The molecule has 2 heterocycles. The Balaban J connectivity index is 1.72. The first-order valence-corrected chi connectivity index (χ1v) is 7.28. The molecule has 1 saturated heterocycles. The van der Waals surface area contributed by atoms with Gasteiger partial charge >= 0.3 is 5.97 Å². The predicted molar refractivity (Wildman–Crippen MR) is 73.1 cm³/mol. The van der Waals surface area contributed by atoms with E-state index in [1.54, 1.807) is 11.8 Å². The second-order valence-electron chi connectivity index (χ2n) is 4.29. The highest BCUT2D eigenvalue weighted by molar-refractivity contribution is 7.99. The van der Waals surface area contributed by atoms with E-state index in [0.717, 1.165) is 23.5 Å². The molecule has 0 bridgehead atoms. The van der Waals surface area contributed by atoms with E-state index in [-0.39, 0.29) is 11.8 Å². The number of hydrogen-bond donors (Lipinski definition) is 0. The van der Waals surface area contributed by atoms with Gasteiger partial charge in [0.1, 0.15) is 12.4 Å². The van der Waals surface area contributed by atoms with Crippen molar-refractivity contribution in [1.82, 2.24) is 4.98 Å². The summed E-state index contributed by atoms with van der Waals surface area (Å²) in [6.07, 6.45) is 2.28. The van der Waals surface area contributed by atoms with Crippen LogP contribution in [0, 0.1) is 0 Å². The van der Waals surface area contributed by atoms with Gasteiger partial charge in [-0.3, -0.25) is 0 Å². The van der Waals surface area contributed by atoms with E-state index in [1.807, 2.05) is 30.3 Å². The third-order valence-electron chi connectivity index (χ3n) is 2.90. The van der Waals surface area contributed by atoms with Gasteiger partial charge in [0.15, 0.2) is 5.69 Å². The molecule has 19 heavy (non-hydrogen) atoms. The molecule has 5 heteroatoms. The average Bonchev–Trinajstić information content (AvgIpc) is 3.10. The first kappa shape index (κ1) is 12.3. The molecule has 1 aliphatic rings. The molecule has 0 aliphatic carbocycles. The van der Waals surface area contributed by atoms with Gasteiger partial charge < -0.3 is 9.15 Å². The summed E-state index contributed by atoms with van der Waals surface area (Å²) < 4.78 is 10.7. The van der Waals surface area contributed by atoms with Crippen molar-refractivity contribution in [3.63, 3.8) is 0 Å². The van der Waals surface area contributed by atoms with Crippen molar-refractivity contribution >= 4 is 17.7 Å². The highest BCUT2D eigenvalue weighted by Crippen LogP contribution is 2.22. The third kappa shape index (κ3) is 2.81. The lowest BCUT2D eigenvalue weighted by Crippen LogP contribution is -2.17. The van der Waals surface area contributed by atoms with Gasteiger partial charge in [0.05, 0.1) is 0 Å². The lowest BCUT2D eigenvalue weighted by Gasteiger charge is -2.08. The number of esters is 1. The van der Waals surface area contributed by atoms with Gasteiger partial charge in [-0.05, 0) is 24.3 Å². The summed E-state index contributed by atoms with van der Waals surface area (Å²) in [7, 11) is 0. The number of nitrogens with zero attached hydrogens (tertiary/aromatic N) is 1. The maximum Gasteiger partial charge on any atom is 0.360 e. The minimum Gasteiger partial charge on any atom is -0.457 e. The summed E-state index contributed by atoms with van der Waals surface area (Å²) in [6, 6.07) is 9.48. The van der Waals surface area contributed by atoms with Crippen LogP contribution in [-0.2, 0) is 4.74 Å². The van der Waals surface area contributed by atoms with Gasteiger partial charge in [0.2, 0.25) is 5.89 Å². The Bertz CT molecular complexity index is 561. The molecule has 1 atom stereocenters. The number of carbonyl (C=O) groups excluding carboxylic acids is 1. The number of oxazole rings is 1. The summed E-state index contributed by atoms with van der Waals surface area (Å²) >= 11 is 1.80. The Morgan fingerprint density at radius 3 is 2.95 bits per heavy atom. The topological polar surface area (TPSA) is 52.3 Å². The van der Waals surface area contributed by atoms with Crippen molar-refractivity contribution in [2.75, 3.05) is 11.5 Å². The second-order valence-corrected chi connectivity index (χ2v) is 5.44. The molecular formula is C14H13NO3S. The predicted octanol–water partition coefficient (Wildman–Crippen LogP) is 3.00. The van der Waals surface area contributed by atoms with Gasteiger partial charge in [-0.25, -0.2) is 9.78 Å². The van der Waals surface area contributed by atoms with E-state index < -0.39 is 5.97 Å². The van der Waals surface area contributed by atoms with E-state index in [2.05, 4.69) is 4.98 Å². The molecule has 0 N–H and O–H groups in total. The number of benzene rings is 1. The number of hydrogen-bond acceptors (Lipinski definition) is 5. The van der Waals surface area contributed by atoms with Gasteiger partial charge in [-0.2, -0.15) is 11.8 Å². The van der Waals surface area contributed by atoms with Crippen LogP contribution in [0.4, 0.5) is 0 Å². The Labute approximate surface area is 115 Å². The first-order valence-electron chi connectivity index (χ1n) is 6.12. The van der Waals surface area contributed by atoms with Crippen molar-refractivity contribution in [3.05, 3.63) is 42.3 Å². The van der Waals surface area contributed by atoms with Gasteiger partial charge in [-0.15, -0.1) is 0 Å². The molecule has 2 aromatic rings. The zero-order valence-corrected chi connectivity index (χ0v) is 11.1. The van der Waals surface area contributed by atoms with Crippen LogP contribution in [0.5, 0.6) is 0 Å². The van der Waals surface area contributed by atoms with E-state index in [0.29, 0.717) is 5.89 Å². The van der Waals surface area contributed by atoms with E-state index in [4.69, 9.17) is 9.15 Å². The molecule has 0 radical (unpaired) electrons. The van der Waals surface area contributed by atoms with Gasteiger partial charge in [0, 0.05) is 11.3 Å². The standard InChI is InChI=1S/C14H13NO3S/c16-14(18-11-6-7-19-9-11)12-8-17-13(15-12)10-4-2-1-3-5-10/h1-5,8,11H,6-7,9H2/t11-/m1/s1. The van der Waals surface area contributed by atoms with Crippen LogP contribution in [0.2, 0.25) is 0 Å². The van der Waals surface area contributed by atoms with Crippen LogP contribution in [-0.4, -0.2) is 28.6 Å². The summed E-state index contributed by atoms with van der Waals surface area (Å²) in [5, 5.41) is 0. The minimum atomic E-state index is -0.404. The van der Waals surface area contributed by atoms with E-state index in [1.165, 1.54) is 6.26 Å². The Hall–Kier alpha value is -1.75. The third-order valence-corrected chi connectivity index (χ3v) is 4.03. The fourth-order valence-corrected chi connectivity index (χ4v) is 2.99. The second kappa shape index (κ2) is 5.48. The van der Waals surface area contributed by atoms with E-state index in [9.17, 15) is 4.79 Å². The SMILES string of the molecule is O=C(O[C@@H]1CCSC1)c1coc(-c2ccccc2)n1. The number of carbonyl (C=O) groups is 1. The van der Waals surface area contributed by atoms with Crippen molar-refractivity contribution in [3.8, 4) is 11.5 Å². The first-order chi connectivity index (χ1) is 9.33. The van der Waals surface area contributed by atoms with Crippen molar-refractivity contribution in [2.24, 2.45) is 0 Å². The zero-order chi connectivity index (χ0) is 13.1. The molecule has 0 unspecified atom stereocenters. The molecule has 4 nitrogen and oxygen atoms in total. The smallest absolute Gasteiger partial charge is 0.360 e. The molecule has 1 aliphatic heterocycles. The Kier molecular flexibility index (Phi) is 3.55. The molecule has 1 fully saturated rings. The lowest BCUT2D eigenvalue weighted by atomic mass is 10.2. The monoisotopic (exact) mass is 275 g/mol. The van der Waals surface area contributed by atoms with Crippen molar-refractivity contribution in [2.45, 2.75) is 12.5 Å². The summed E-state index contributed by atoms with van der Waals surface area (Å²) in [5.41, 5.74) is 1.08. The number of rotatable bonds is 3. The summed E-state index contributed by atoms with van der Waals surface area (Å²) in [5.74, 6) is 1.95. The number of ether oxygens (including phenoxy) is 1. The van der Waals surface area contributed by atoms with Crippen LogP contribution in [0.15, 0.2) is 41.0 Å². The van der Waals surface area contributed by atoms with Crippen molar-refractivity contribution in [1.29, 1.82) is 0 Å². The highest BCUT2D eigenvalue weighted by atomic mass is 32.2. The quantitative estimate of drug-likeness (QED) is 0.806. The molecule has 1 aromatic heterocycles. The Morgan fingerprint density at radius 1 is 1.37 bits per heavy atom. The van der Waals surface area contributed by atoms with Gasteiger partial charge in [0.25, 0.3) is 0 Å².